The van der Waals surface area contributed by atoms with E-state index >= 15 is 0 Å². The molecule has 0 aliphatic heterocycles. The highest BCUT2D eigenvalue weighted by Gasteiger charge is 2.25. The number of nitrogens with zero attached hydrogens (tertiary/aromatic N) is 2. The van der Waals surface area contributed by atoms with Crippen molar-refractivity contribution < 1.29 is 5.11 Å². The van der Waals surface area contributed by atoms with Crippen LogP contribution in [0.25, 0.3) is 0 Å². The van der Waals surface area contributed by atoms with Crippen LogP contribution >= 0.6 is 23.2 Å². The molecule has 1 aromatic heterocycles. The Morgan fingerprint density at radius 3 is 2.47 bits per heavy atom. The molecule has 0 fully saturated rings. The number of aliphatic hydroxyl groups is 1. The van der Waals surface area contributed by atoms with E-state index in [9.17, 15) is 5.11 Å². The van der Waals surface area contributed by atoms with Gasteiger partial charge in [-0.25, -0.2) is 9.97 Å². The van der Waals surface area contributed by atoms with E-state index in [0.717, 1.165) is 5.56 Å². The topological polar surface area (TPSA) is 72.0 Å². The van der Waals surface area contributed by atoms with Gasteiger partial charge in [-0.05, 0) is 23.8 Å². The molecule has 0 aliphatic rings. The standard InChI is InChI=1S/C13H13Cl2N3O/c14-8-2-3-9(11(15)6-8)10(7-16)12(19)13-17-4-1-5-18-13/h1-6,10,12,19H,7,16H2. The molecule has 0 amide bonds. The Morgan fingerprint density at radius 2 is 1.89 bits per heavy atom. The van der Waals surface area contributed by atoms with Crippen LogP contribution in [0, 0.1) is 0 Å². The lowest BCUT2D eigenvalue weighted by Crippen LogP contribution is -2.22. The first-order chi connectivity index (χ1) is 9.13. The van der Waals surface area contributed by atoms with E-state index in [1.54, 1.807) is 36.7 Å². The minimum Gasteiger partial charge on any atom is -0.384 e. The number of aromatic nitrogens is 2. The highest BCUT2D eigenvalue weighted by atomic mass is 35.5. The van der Waals surface area contributed by atoms with Crippen LogP contribution < -0.4 is 5.73 Å². The second-order valence-corrected chi connectivity index (χ2v) is 4.90. The lowest BCUT2D eigenvalue weighted by atomic mass is 9.93. The molecule has 6 heteroatoms. The van der Waals surface area contributed by atoms with Crippen LogP contribution in [0.1, 0.15) is 23.4 Å². The minimum absolute atomic E-state index is 0.223. The Kier molecular flexibility index (Phi) is 4.71. The van der Waals surface area contributed by atoms with Gasteiger partial charge in [-0.2, -0.15) is 0 Å². The smallest absolute Gasteiger partial charge is 0.157 e. The van der Waals surface area contributed by atoms with Crippen molar-refractivity contribution in [1.29, 1.82) is 0 Å². The first-order valence-corrected chi connectivity index (χ1v) is 6.49. The lowest BCUT2D eigenvalue weighted by Gasteiger charge is -2.21. The van der Waals surface area contributed by atoms with Crippen LogP contribution in [0.3, 0.4) is 0 Å². The van der Waals surface area contributed by atoms with Crippen molar-refractivity contribution in [3.05, 3.63) is 58.1 Å². The maximum absolute atomic E-state index is 10.3. The van der Waals surface area contributed by atoms with Crippen molar-refractivity contribution in [2.45, 2.75) is 12.0 Å². The van der Waals surface area contributed by atoms with Gasteiger partial charge in [0, 0.05) is 34.9 Å². The second kappa shape index (κ2) is 6.30. The summed E-state index contributed by atoms with van der Waals surface area (Å²) in [5, 5.41) is 11.3. The molecule has 0 saturated carbocycles. The van der Waals surface area contributed by atoms with Gasteiger partial charge in [0.1, 0.15) is 6.10 Å². The van der Waals surface area contributed by atoms with Crippen LogP contribution in [0.2, 0.25) is 10.0 Å². The molecule has 2 rings (SSSR count). The highest BCUT2D eigenvalue weighted by molar-refractivity contribution is 6.35. The number of rotatable bonds is 4. The zero-order chi connectivity index (χ0) is 13.8. The minimum atomic E-state index is -0.912. The molecule has 2 aromatic rings. The predicted octanol–water partition coefficient (Wildman–Crippen LogP) is 2.56. The number of benzene rings is 1. The molecule has 4 nitrogen and oxygen atoms in total. The lowest BCUT2D eigenvalue weighted by molar-refractivity contribution is 0.138. The summed E-state index contributed by atoms with van der Waals surface area (Å²) in [7, 11) is 0. The molecule has 1 aromatic carbocycles. The van der Waals surface area contributed by atoms with Crippen LogP contribution in [0.15, 0.2) is 36.7 Å². The van der Waals surface area contributed by atoms with Gasteiger partial charge in [0.25, 0.3) is 0 Å². The summed E-state index contributed by atoms with van der Waals surface area (Å²) in [6.45, 7) is 0.223. The number of hydrogen-bond acceptors (Lipinski definition) is 4. The van der Waals surface area contributed by atoms with E-state index in [0.29, 0.717) is 15.9 Å². The SMILES string of the molecule is NCC(c1ccc(Cl)cc1Cl)C(O)c1ncccn1. The van der Waals surface area contributed by atoms with Gasteiger partial charge in [0.15, 0.2) is 5.82 Å². The number of nitrogens with two attached hydrogens (primary N) is 1. The first kappa shape index (κ1) is 14.2. The highest BCUT2D eigenvalue weighted by Crippen LogP contribution is 2.34. The fraction of sp³-hybridized carbons (Fsp3) is 0.231. The van der Waals surface area contributed by atoms with E-state index in [1.165, 1.54) is 0 Å². The summed E-state index contributed by atoms with van der Waals surface area (Å²) >= 11 is 12.0. The monoisotopic (exact) mass is 297 g/mol. The van der Waals surface area contributed by atoms with Gasteiger partial charge in [-0.1, -0.05) is 29.3 Å². The Balaban J connectivity index is 2.34. The third-order valence-electron chi connectivity index (χ3n) is 2.85. The van der Waals surface area contributed by atoms with E-state index < -0.39 is 6.10 Å². The third kappa shape index (κ3) is 3.22. The van der Waals surface area contributed by atoms with Crippen LogP contribution in [-0.2, 0) is 0 Å². The van der Waals surface area contributed by atoms with Crippen molar-refractivity contribution >= 4 is 23.2 Å². The average Bonchev–Trinajstić information content (AvgIpc) is 2.42. The number of hydrogen-bond donors (Lipinski definition) is 2. The van der Waals surface area contributed by atoms with E-state index in [2.05, 4.69) is 9.97 Å². The van der Waals surface area contributed by atoms with Crippen molar-refractivity contribution in [1.82, 2.24) is 9.97 Å². The molecule has 3 N–H and O–H groups in total. The molecule has 0 radical (unpaired) electrons. The molecule has 0 saturated heterocycles. The van der Waals surface area contributed by atoms with Gasteiger partial charge < -0.3 is 10.8 Å². The fourth-order valence-corrected chi connectivity index (χ4v) is 2.42. The first-order valence-electron chi connectivity index (χ1n) is 5.73. The van der Waals surface area contributed by atoms with Crippen LogP contribution in [0.5, 0.6) is 0 Å². The molecule has 0 bridgehead atoms. The molecule has 2 atom stereocenters. The van der Waals surface area contributed by atoms with E-state index in [4.69, 9.17) is 28.9 Å². The summed E-state index contributed by atoms with van der Waals surface area (Å²) in [6, 6.07) is 6.78. The molecular formula is C13H13Cl2N3O. The molecule has 2 unspecified atom stereocenters. The van der Waals surface area contributed by atoms with Crippen molar-refractivity contribution in [2.24, 2.45) is 5.73 Å². The third-order valence-corrected chi connectivity index (χ3v) is 3.41. The molecule has 100 valence electrons. The molecule has 0 aliphatic carbocycles. The Hall–Kier alpha value is -1.20. The zero-order valence-electron chi connectivity index (χ0n) is 10.0. The maximum Gasteiger partial charge on any atom is 0.157 e. The summed E-state index contributed by atoms with van der Waals surface area (Å²) in [5.41, 5.74) is 6.47. The molecule has 0 spiro atoms. The Labute approximate surface area is 121 Å². The molecular weight excluding hydrogens is 285 g/mol. The van der Waals surface area contributed by atoms with Gasteiger partial charge in [0.05, 0.1) is 0 Å². The van der Waals surface area contributed by atoms with Crippen LogP contribution in [0.4, 0.5) is 0 Å². The van der Waals surface area contributed by atoms with E-state index in [-0.39, 0.29) is 12.5 Å². The fourth-order valence-electron chi connectivity index (χ4n) is 1.87. The average molecular weight is 298 g/mol. The van der Waals surface area contributed by atoms with Gasteiger partial charge in [-0.15, -0.1) is 0 Å². The summed E-state index contributed by atoms with van der Waals surface area (Å²) in [4.78, 5) is 8.07. The van der Waals surface area contributed by atoms with E-state index in [1.807, 2.05) is 0 Å². The maximum atomic E-state index is 10.3. The van der Waals surface area contributed by atoms with Crippen molar-refractivity contribution in [3.8, 4) is 0 Å². The Bertz CT molecular complexity index is 551. The summed E-state index contributed by atoms with van der Waals surface area (Å²) in [5.74, 6) is -0.0591. The van der Waals surface area contributed by atoms with Gasteiger partial charge >= 0.3 is 0 Å². The van der Waals surface area contributed by atoms with Crippen molar-refractivity contribution in [3.63, 3.8) is 0 Å². The largest absolute Gasteiger partial charge is 0.384 e. The molecule has 1 heterocycles. The summed E-state index contributed by atoms with van der Waals surface area (Å²) < 4.78 is 0. The Morgan fingerprint density at radius 1 is 1.21 bits per heavy atom. The normalized spacial score (nSPS) is 14.1. The predicted molar refractivity (Wildman–Crippen MR) is 75.2 cm³/mol. The summed E-state index contributed by atoms with van der Waals surface area (Å²) in [6.07, 6.45) is 2.23. The van der Waals surface area contributed by atoms with Crippen molar-refractivity contribution in [2.75, 3.05) is 6.54 Å². The molecule has 19 heavy (non-hydrogen) atoms. The van der Waals surface area contributed by atoms with Gasteiger partial charge in [-0.3, -0.25) is 0 Å². The quantitative estimate of drug-likeness (QED) is 0.910. The number of halogens is 2. The zero-order valence-corrected chi connectivity index (χ0v) is 11.5. The number of aliphatic hydroxyl groups excluding tert-OH is 1. The second-order valence-electron chi connectivity index (χ2n) is 4.06. The van der Waals surface area contributed by atoms with Gasteiger partial charge in [0.2, 0.25) is 0 Å². The van der Waals surface area contributed by atoms with Crippen LogP contribution in [-0.4, -0.2) is 21.6 Å².